The average Bonchev–Trinajstić information content (AvgIpc) is 3.06. The molecule has 110 valence electrons. The van der Waals surface area contributed by atoms with Crippen LogP contribution < -0.4 is 14.9 Å². The van der Waals surface area contributed by atoms with Gasteiger partial charge in [0.25, 0.3) is 5.91 Å². The van der Waals surface area contributed by atoms with E-state index in [1.54, 1.807) is 36.6 Å². The molecular weight excluding hydrogens is 288 g/mol. The second kappa shape index (κ2) is 6.90. The molecule has 0 saturated carbocycles. The average molecular weight is 304 g/mol. The number of hydrogen-bond donors (Lipinski definition) is 1. The number of hydrazone groups is 1. The van der Waals surface area contributed by atoms with Gasteiger partial charge in [0.15, 0.2) is 0 Å². The Morgan fingerprint density at radius 1 is 1.24 bits per heavy atom. The number of hydrogen-bond acceptors (Lipinski definition) is 5. The Balaban J connectivity index is 2.15. The highest BCUT2D eigenvalue weighted by Crippen LogP contribution is 2.24. The second-order valence-electron chi connectivity index (χ2n) is 4.18. The van der Waals surface area contributed by atoms with Gasteiger partial charge < -0.3 is 9.47 Å². The molecule has 1 heterocycles. The van der Waals surface area contributed by atoms with Gasteiger partial charge >= 0.3 is 0 Å². The molecular formula is C15H16N2O3S. The number of carbonyl (C=O) groups excluding carboxylic acids is 1. The fourth-order valence-electron chi connectivity index (χ4n) is 1.72. The normalized spacial score (nSPS) is 11.1. The number of rotatable bonds is 5. The number of ether oxygens (including phenoxy) is 2. The summed E-state index contributed by atoms with van der Waals surface area (Å²) in [6, 6.07) is 8.89. The fourth-order valence-corrected chi connectivity index (χ4v) is 2.40. The SMILES string of the molecule is COc1ccc(C(=O)NN=C(C)c2cccs2)c(OC)c1. The third kappa shape index (κ3) is 3.61. The van der Waals surface area contributed by atoms with Gasteiger partial charge in [-0.2, -0.15) is 5.10 Å². The molecule has 0 saturated heterocycles. The molecule has 2 aromatic rings. The van der Waals surface area contributed by atoms with Crippen molar-refractivity contribution >= 4 is 23.0 Å². The van der Waals surface area contributed by atoms with Crippen LogP contribution in [0.4, 0.5) is 0 Å². The minimum atomic E-state index is -0.328. The van der Waals surface area contributed by atoms with Crippen molar-refractivity contribution in [1.82, 2.24) is 5.43 Å². The zero-order valence-corrected chi connectivity index (χ0v) is 12.9. The summed E-state index contributed by atoms with van der Waals surface area (Å²) < 4.78 is 10.3. The second-order valence-corrected chi connectivity index (χ2v) is 5.13. The smallest absolute Gasteiger partial charge is 0.275 e. The number of benzene rings is 1. The summed E-state index contributed by atoms with van der Waals surface area (Å²) in [6.45, 7) is 1.84. The Labute approximate surface area is 127 Å². The van der Waals surface area contributed by atoms with Crippen LogP contribution in [0.1, 0.15) is 22.2 Å². The van der Waals surface area contributed by atoms with Gasteiger partial charge in [0, 0.05) is 10.9 Å². The Hall–Kier alpha value is -2.34. The lowest BCUT2D eigenvalue weighted by atomic mass is 10.2. The molecule has 0 spiro atoms. The molecule has 0 radical (unpaired) electrons. The van der Waals surface area contributed by atoms with Crippen molar-refractivity contribution in [3.05, 3.63) is 46.2 Å². The van der Waals surface area contributed by atoms with Crippen LogP contribution in [0.15, 0.2) is 40.8 Å². The summed E-state index contributed by atoms with van der Waals surface area (Å²) in [6.07, 6.45) is 0. The molecule has 0 fully saturated rings. The molecule has 21 heavy (non-hydrogen) atoms. The Kier molecular flexibility index (Phi) is 4.94. The number of nitrogens with zero attached hydrogens (tertiary/aromatic N) is 1. The quantitative estimate of drug-likeness (QED) is 0.682. The number of methoxy groups -OCH3 is 2. The van der Waals surface area contributed by atoms with Crippen LogP contribution in [0.2, 0.25) is 0 Å². The van der Waals surface area contributed by atoms with E-state index in [1.807, 2.05) is 24.4 Å². The van der Waals surface area contributed by atoms with Crippen LogP contribution in [0, 0.1) is 0 Å². The highest BCUT2D eigenvalue weighted by Gasteiger charge is 2.13. The van der Waals surface area contributed by atoms with Gasteiger partial charge in [-0.1, -0.05) is 6.07 Å². The van der Waals surface area contributed by atoms with Crippen molar-refractivity contribution < 1.29 is 14.3 Å². The van der Waals surface area contributed by atoms with Crippen molar-refractivity contribution in [3.8, 4) is 11.5 Å². The van der Waals surface area contributed by atoms with Crippen LogP contribution in [0.3, 0.4) is 0 Å². The van der Waals surface area contributed by atoms with Gasteiger partial charge in [0.2, 0.25) is 0 Å². The van der Waals surface area contributed by atoms with E-state index in [2.05, 4.69) is 10.5 Å². The first-order valence-corrected chi connectivity index (χ1v) is 7.14. The third-order valence-electron chi connectivity index (χ3n) is 2.86. The Morgan fingerprint density at radius 2 is 2.05 bits per heavy atom. The molecule has 1 amide bonds. The first kappa shape index (κ1) is 15.1. The van der Waals surface area contributed by atoms with Crippen molar-refractivity contribution in [2.24, 2.45) is 5.10 Å². The van der Waals surface area contributed by atoms with E-state index >= 15 is 0 Å². The molecule has 0 unspecified atom stereocenters. The third-order valence-corrected chi connectivity index (χ3v) is 3.83. The van der Waals surface area contributed by atoms with E-state index in [0.29, 0.717) is 17.1 Å². The number of thiophene rings is 1. The summed E-state index contributed by atoms with van der Waals surface area (Å²) in [5.41, 5.74) is 3.69. The number of amides is 1. The van der Waals surface area contributed by atoms with E-state index in [4.69, 9.17) is 9.47 Å². The minimum absolute atomic E-state index is 0.328. The number of nitrogens with one attached hydrogen (secondary N) is 1. The molecule has 0 bridgehead atoms. The Bertz CT molecular complexity index is 651. The maximum Gasteiger partial charge on any atom is 0.275 e. The fraction of sp³-hybridized carbons (Fsp3) is 0.200. The monoisotopic (exact) mass is 304 g/mol. The van der Waals surface area contributed by atoms with Crippen LogP contribution in [-0.4, -0.2) is 25.8 Å². The van der Waals surface area contributed by atoms with Crippen LogP contribution in [-0.2, 0) is 0 Å². The molecule has 0 aliphatic carbocycles. The predicted octanol–water partition coefficient (Wildman–Crippen LogP) is 2.92. The van der Waals surface area contributed by atoms with Crippen molar-refractivity contribution in [2.75, 3.05) is 14.2 Å². The molecule has 1 aromatic carbocycles. The summed E-state index contributed by atoms with van der Waals surface area (Å²) >= 11 is 1.57. The summed E-state index contributed by atoms with van der Waals surface area (Å²) in [7, 11) is 3.06. The van der Waals surface area contributed by atoms with Gasteiger partial charge in [0.1, 0.15) is 11.5 Å². The maximum atomic E-state index is 12.2. The van der Waals surface area contributed by atoms with Gasteiger partial charge in [-0.3, -0.25) is 4.79 Å². The van der Waals surface area contributed by atoms with E-state index < -0.39 is 0 Å². The molecule has 6 heteroatoms. The summed E-state index contributed by atoms with van der Waals surface area (Å²) in [5, 5.41) is 6.06. The molecule has 5 nitrogen and oxygen atoms in total. The lowest BCUT2D eigenvalue weighted by Gasteiger charge is -2.09. The minimum Gasteiger partial charge on any atom is -0.497 e. The largest absolute Gasteiger partial charge is 0.497 e. The van der Waals surface area contributed by atoms with Crippen molar-refractivity contribution in [2.45, 2.75) is 6.92 Å². The van der Waals surface area contributed by atoms with Gasteiger partial charge in [-0.15, -0.1) is 11.3 Å². The van der Waals surface area contributed by atoms with Crippen molar-refractivity contribution in [1.29, 1.82) is 0 Å². The van der Waals surface area contributed by atoms with E-state index in [9.17, 15) is 4.79 Å². The predicted molar refractivity (Wildman–Crippen MR) is 83.5 cm³/mol. The van der Waals surface area contributed by atoms with E-state index in [0.717, 1.165) is 10.6 Å². The van der Waals surface area contributed by atoms with Gasteiger partial charge in [0.05, 0.1) is 25.5 Å². The lowest BCUT2D eigenvalue weighted by molar-refractivity contribution is 0.0952. The zero-order valence-electron chi connectivity index (χ0n) is 12.0. The number of carbonyl (C=O) groups is 1. The van der Waals surface area contributed by atoms with Crippen molar-refractivity contribution in [3.63, 3.8) is 0 Å². The first-order valence-electron chi connectivity index (χ1n) is 6.26. The van der Waals surface area contributed by atoms with Crippen LogP contribution in [0.25, 0.3) is 0 Å². The topological polar surface area (TPSA) is 59.9 Å². The summed E-state index contributed by atoms with van der Waals surface area (Å²) in [5.74, 6) is 0.739. The maximum absolute atomic E-state index is 12.2. The van der Waals surface area contributed by atoms with Crippen LogP contribution >= 0.6 is 11.3 Å². The highest BCUT2D eigenvalue weighted by molar-refractivity contribution is 7.12. The molecule has 2 rings (SSSR count). The van der Waals surface area contributed by atoms with Crippen LogP contribution in [0.5, 0.6) is 11.5 Å². The highest BCUT2D eigenvalue weighted by atomic mass is 32.1. The molecule has 0 atom stereocenters. The van der Waals surface area contributed by atoms with Gasteiger partial charge in [-0.05, 0) is 30.5 Å². The first-order chi connectivity index (χ1) is 10.2. The molecule has 0 aliphatic heterocycles. The summed E-state index contributed by atoms with van der Waals surface area (Å²) in [4.78, 5) is 13.2. The molecule has 1 aromatic heterocycles. The lowest BCUT2D eigenvalue weighted by Crippen LogP contribution is -2.19. The Morgan fingerprint density at radius 3 is 2.67 bits per heavy atom. The van der Waals surface area contributed by atoms with E-state index in [-0.39, 0.29) is 5.91 Å². The molecule has 0 aliphatic rings. The van der Waals surface area contributed by atoms with Gasteiger partial charge in [-0.25, -0.2) is 5.43 Å². The standard InChI is InChI=1S/C15H16N2O3S/c1-10(14-5-4-8-21-14)16-17-15(18)12-7-6-11(19-2)9-13(12)20-3/h4-9H,1-3H3,(H,17,18). The van der Waals surface area contributed by atoms with E-state index in [1.165, 1.54) is 7.11 Å². The zero-order chi connectivity index (χ0) is 15.2. The molecule has 1 N–H and O–H groups in total.